The molecule has 4 unspecified atom stereocenters. The zero-order valence-corrected chi connectivity index (χ0v) is 12.4. The Morgan fingerprint density at radius 3 is 2.56 bits per heavy atom. The van der Waals surface area contributed by atoms with Crippen LogP contribution >= 0.6 is 23.5 Å². The molecule has 1 saturated heterocycles. The van der Waals surface area contributed by atoms with Gasteiger partial charge in [0.2, 0.25) is 0 Å². The fourth-order valence-corrected chi connectivity index (χ4v) is 5.57. The summed E-state index contributed by atoms with van der Waals surface area (Å²) in [5.41, 5.74) is 0. The topological polar surface area (TPSA) is 12.0 Å². The van der Waals surface area contributed by atoms with Crippen LogP contribution in [0.1, 0.15) is 40.0 Å². The molecule has 94 valence electrons. The summed E-state index contributed by atoms with van der Waals surface area (Å²) in [6.45, 7) is 8.25. The van der Waals surface area contributed by atoms with E-state index in [1.54, 1.807) is 0 Å². The average molecular weight is 259 g/mol. The molecule has 4 atom stereocenters. The SMILES string of the molecule is CCCNC(C1CC1)C1CSC(C)C(C)S1. The third-order valence-corrected chi connectivity index (χ3v) is 7.25. The van der Waals surface area contributed by atoms with Crippen LogP contribution in [0.25, 0.3) is 0 Å². The van der Waals surface area contributed by atoms with Crippen LogP contribution in [0.5, 0.6) is 0 Å². The van der Waals surface area contributed by atoms with Crippen LogP contribution in [0.4, 0.5) is 0 Å². The van der Waals surface area contributed by atoms with E-state index in [9.17, 15) is 0 Å². The van der Waals surface area contributed by atoms with Gasteiger partial charge in [-0.25, -0.2) is 0 Å². The Hall–Kier alpha value is 0.660. The van der Waals surface area contributed by atoms with Crippen molar-refractivity contribution in [1.29, 1.82) is 0 Å². The van der Waals surface area contributed by atoms with Crippen molar-refractivity contribution in [2.45, 2.75) is 61.8 Å². The van der Waals surface area contributed by atoms with Crippen molar-refractivity contribution in [2.75, 3.05) is 12.3 Å². The van der Waals surface area contributed by atoms with Gasteiger partial charge in [-0.1, -0.05) is 20.8 Å². The zero-order valence-electron chi connectivity index (χ0n) is 10.7. The summed E-state index contributed by atoms with van der Waals surface area (Å²) in [5, 5.41) is 6.33. The van der Waals surface area contributed by atoms with E-state index in [0.717, 1.165) is 27.7 Å². The lowest BCUT2D eigenvalue weighted by Crippen LogP contribution is -2.45. The monoisotopic (exact) mass is 259 g/mol. The molecule has 0 aromatic rings. The van der Waals surface area contributed by atoms with Crippen molar-refractivity contribution in [1.82, 2.24) is 5.32 Å². The smallest absolute Gasteiger partial charge is 0.0297 e. The molecule has 16 heavy (non-hydrogen) atoms. The lowest BCUT2D eigenvalue weighted by atomic mass is 10.1. The largest absolute Gasteiger partial charge is 0.313 e. The molecule has 3 heteroatoms. The molecule has 2 fully saturated rings. The van der Waals surface area contributed by atoms with Crippen molar-refractivity contribution in [3.63, 3.8) is 0 Å². The van der Waals surface area contributed by atoms with E-state index in [4.69, 9.17) is 0 Å². The summed E-state index contributed by atoms with van der Waals surface area (Å²) >= 11 is 4.42. The van der Waals surface area contributed by atoms with E-state index in [-0.39, 0.29) is 0 Å². The predicted octanol–water partition coefficient (Wildman–Crippen LogP) is 3.39. The molecule has 2 rings (SSSR count). The minimum atomic E-state index is 0.799. The molecule has 0 bridgehead atoms. The first kappa shape index (κ1) is 13.1. The number of rotatable bonds is 5. The Labute approximate surface area is 109 Å². The maximum Gasteiger partial charge on any atom is 0.0297 e. The molecular weight excluding hydrogens is 234 g/mol. The highest BCUT2D eigenvalue weighted by Crippen LogP contribution is 2.43. The van der Waals surface area contributed by atoms with Gasteiger partial charge in [-0.3, -0.25) is 0 Å². The van der Waals surface area contributed by atoms with Crippen molar-refractivity contribution < 1.29 is 0 Å². The minimum absolute atomic E-state index is 0.799. The van der Waals surface area contributed by atoms with Crippen molar-refractivity contribution in [3.8, 4) is 0 Å². The molecule has 1 heterocycles. The predicted molar refractivity (Wildman–Crippen MR) is 77.6 cm³/mol. The summed E-state index contributed by atoms with van der Waals surface area (Å²) in [4.78, 5) is 0. The molecule has 0 aromatic heterocycles. The molecule has 0 radical (unpaired) electrons. The van der Waals surface area contributed by atoms with Gasteiger partial charge in [-0.2, -0.15) is 23.5 Å². The van der Waals surface area contributed by atoms with Gasteiger partial charge in [0.05, 0.1) is 0 Å². The molecule has 1 N–H and O–H groups in total. The Morgan fingerprint density at radius 1 is 1.25 bits per heavy atom. The van der Waals surface area contributed by atoms with Crippen molar-refractivity contribution >= 4 is 23.5 Å². The maximum absolute atomic E-state index is 3.80. The molecular formula is C13H25NS2. The molecule has 0 spiro atoms. The van der Waals surface area contributed by atoms with Crippen LogP contribution in [0.2, 0.25) is 0 Å². The van der Waals surface area contributed by atoms with Crippen LogP contribution < -0.4 is 5.32 Å². The van der Waals surface area contributed by atoms with E-state index in [1.807, 2.05) is 0 Å². The van der Waals surface area contributed by atoms with E-state index in [0.29, 0.717) is 0 Å². The lowest BCUT2D eigenvalue weighted by molar-refractivity contribution is 0.460. The van der Waals surface area contributed by atoms with Gasteiger partial charge in [0.15, 0.2) is 0 Å². The van der Waals surface area contributed by atoms with E-state index in [2.05, 4.69) is 49.6 Å². The van der Waals surface area contributed by atoms with E-state index in [1.165, 1.54) is 31.6 Å². The third kappa shape index (κ3) is 3.33. The van der Waals surface area contributed by atoms with Crippen LogP contribution in [0, 0.1) is 5.92 Å². The Bertz CT molecular complexity index is 218. The highest BCUT2D eigenvalue weighted by atomic mass is 32.2. The summed E-state index contributed by atoms with van der Waals surface area (Å²) in [5.74, 6) is 2.35. The van der Waals surface area contributed by atoms with Gasteiger partial charge in [0, 0.05) is 27.5 Å². The summed E-state index contributed by atoms with van der Waals surface area (Å²) < 4.78 is 0. The highest BCUT2D eigenvalue weighted by Gasteiger charge is 2.39. The quantitative estimate of drug-likeness (QED) is 0.813. The van der Waals surface area contributed by atoms with Crippen LogP contribution in [-0.4, -0.2) is 34.1 Å². The number of hydrogen-bond acceptors (Lipinski definition) is 3. The molecule has 1 nitrogen and oxygen atoms in total. The summed E-state index contributed by atoms with van der Waals surface area (Å²) in [6, 6.07) is 0.799. The number of nitrogens with one attached hydrogen (secondary N) is 1. The first-order chi connectivity index (χ1) is 7.72. The van der Waals surface area contributed by atoms with Gasteiger partial charge in [0.1, 0.15) is 0 Å². The third-order valence-electron chi connectivity index (χ3n) is 3.73. The van der Waals surface area contributed by atoms with Crippen LogP contribution in [0.15, 0.2) is 0 Å². The number of thioether (sulfide) groups is 2. The molecule has 0 amide bonds. The van der Waals surface area contributed by atoms with Crippen LogP contribution in [-0.2, 0) is 0 Å². The standard InChI is InChI=1S/C13H25NS2/c1-4-7-14-13(11-5-6-11)12-8-15-9(2)10(3)16-12/h9-14H,4-8H2,1-3H3. The second kappa shape index (κ2) is 6.01. The first-order valence-corrected chi connectivity index (χ1v) is 8.72. The Morgan fingerprint density at radius 2 is 2.00 bits per heavy atom. The molecule has 1 aliphatic carbocycles. The maximum atomic E-state index is 3.80. The molecule has 1 saturated carbocycles. The Kier molecular flexibility index (Phi) is 4.92. The molecule has 2 aliphatic rings. The van der Waals surface area contributed by atoms with Gasteiger partial charge < -0.3 is 5.32 Å². The molecule has 1 aliphatic heterocycles. The summed E-state index contributed by atoms with van der Waals surface area (Å²) in [7, 11) is 0. The van der Waals surface area contributed by atoms with Gasteiger partial charge in [-0.15, -0.1) is 0 Å². The fourth-order valence-electron chi connectivity index (χ4n) is 2.36. The molecule has 0 aromatic carbocycles. The normalized spacial score (nSPS) is 37.3. The second-order valence-electron chi connectivity index (χ2n) is 5.24. The fraction of sp³-hybridized carbons (Fsp3) is 1.00. The lowest BCUT2D eigenvalue weighted by Gasteiger charge is -2.36. The zero-order chi connectivity index (χ0) is 11.5. The van der Waals surface area contributed by atoms with Gasteiger partial charge in [0.25, 0.3) is 0 Å². The van der Waals surface area contributed by atoms with E-state index < -0.39 is 0 Å². The van der Waals surface area contributed by atoms with Crippen molar-refractivity contribution in [3.05, 3.63) is 0 Å². The Balaban J connectivity index is 1.87. The van der Waals surface area contributed by atoms with Gasteiger partial charge in [-0.05, 0) is 31.7 Å². The van der Waals surface area contributed by atoms with Gasteiger partial charge >= 0.3 is 0 Å². The highest BCUT2D eigenvalue weighted by molar-refractivity contribution is 8.07. The summed E-state index contributed by atoms with van der Waals surface area (Å²) in [6.07, 6.45) is 4.19. The number of hydrogen-bond donors (Lipinski definition) is 1. The van der Waals surface area contributed by atoms with E-state index >= 15 is 0 Å². The minimum Gasteiger partial charge on any atom is -0.313 e. The second-order valence-corrected chi connectivity index (χ2v) is 8.27. The van der Waals surface area contributed by atoms with Crippen LogP contribution in [0.3, 0.4) is 0 Å². The van der Waals surface area contributed by atoms with Crippen molar-refractivity contribution in [2.24, 2.45) is 5.92 Å². The first-order valence-electron chi connectivity index (χ1n) is 6.72. The average Bonchev–Trinajstić information content (AvgIpc) is 3.08.